The van der Waals surface area contributed by atoms with E-state index in [1.165, 1.54) is 4.31 Å². The number of rotatable bonds is 7. The summed E-state index contributed by atoms with van der Waals surface area (Å²) in [4.78, 5) is 1.98. The van der Waals surface area contributed by atoms with Crippen molar-refractivity contribution in [1.82, 2.24) is 9.21 Å². The van der Waals surface area contributed by atoms with Gasteiger partial charge in [0.05, 0.1) is 5.25 Å². The largest absolute Gasteiger partial charge is 0.308 e. The molecule has 98 valence electrons. The molecule has 2 atom stereocenters. The van der Waals surface area contributed by atoms with Crippen LogP contribution in [0.2, 0.25) is 0 Å². The van der Waals surface area contributed by atoms with Gasteiger partial charge in [-0.15, -0.1) is 11.6 Å². The van der Waals surface area contributed by atoms with Crippen LogP contribution in [-0.4, -0.2) is 62.0 Å². The van der Waals surface area contributed by atoms with Gasteiger partial charge in [0.1, 0.15) is 0 Å². The third-order valence-electron chi connectivity index (χ3n) is 2.49. The average molecular weight is 271 g/mol. The molecule has 16 heavy (non-hydrogen) atoms. The first kappa shape index (κ1) is 16.2. The Balaban J connectivity index is 4.85. The standard InChI is InChI=1S/C10H23ClN2O2S/c1-6-13(9(2)8-12(4)5)16(14,15)10(3)7-11/h9-10H,6-8H2,1-5H3. The molecule has 0 amide bonds. The highest BCUT2D eigenvalue weighted by molar-refractivity contribution is 7.89. The van der Waals surface area contributed by atoms with Gasteiger partial charge in [0.15, 0.2) is 0 Å². The Labute approximate surface area is 105 Å². The Morgan fingerprint density at radius 3 is 2.06 bits per heavy atom. The maximum absolute atomic E-state index is 12.1. The molecule has 4 nitrogen and oxygen atoms in total. The van der Waals surface area contributed by atoms with E-state index >= 15 is 0 Å². The van der Waals surface area contributed by atoms with Crippen LogP contribution >= 0.6 is 11.6 Å². The predicted octanol–water partition coefficient (Wildman–Crippen LogP) is 1.22. The number of nitrogens with zero attached hydrogens (tertiary/aromatic N) is 2. The topological polar surface area (TPSA) is 40.6 Å². The highest BCUT2D eigenvalue weighted by atomic mass is 35.5. The third-order valence-corrected chi connectivity index (χ3v) is 5.59. The van der Waals surface area contributed by atoms with E-state index in [4.69, 9.17) is 11.6 Å². The average Bonchev–Trinajstić information content (AvgIpc) is 2.15. The molecule has 0 aliphatic carbocycles. The Morgan fingerprint density at radius 2 is 1.75 bits per heavy atom. The van der Waals surface area contributed by atoms with Gasteiger partial charge in [0.25, 0.3) is 0 Å². The first-order valence-corrected chi connectivity index (χ1v) is 7.52. The summed E-state index contributed by atoms with van der Waals surface area (Å²) in [5.41, 5.74) is 0. The van der Waals surface area contributed by atoms with Crippen molar-refractivity contribution in [1.29, 1.82) is 0 Å². The summed E-state index contributed by atoms with van der Waals surface area (Å²) in [6, 6.07) is -0.0318. The minimum Gasteiger partial charge on any atom is -0.308 e. The predicted molar refractivity (Wildman–Crippen MR) is 69.5 cm³/mol. The molecule has 0 heterocycles. The zero-order chi connectivity index (χ0) is 12.9. The van der Waals surface area contributed by atoms with Gasteiger partial charge in [0.2, 0.25) is 10.0 Å². The second-order valence-corrected chi connectivity index (χ2v) is 6.94. The van der Waals surface area contributed by atoms with E-state index in [1.807, 2.05) is 32.8 Å². The van der Waals surface area contributed by atoms with E-state index in [1.54, 1.807) is 6.92 Å². The lowest BCUT2D eigenvalue weighted by molar-refractivity contribution is 0.270. The van der Waals surface area contributed by atoms with Gasteiger partial charge in [-0.25, -0.2) is 8.42 Å². The molecule has 2 unspecified atom stereocenters. The fourth-order valence-electron chi connectivity index (χ4n) is 1.67. The summed E-state index contributed by atoms with van der Waals surface area (Å²) in [5.74, 6) is 0.132. The molecule has 0 saturated carbocycles. The molecule has 0 aromatic rings. The molecule has 0 bridgehead atoms. The highest BCUT2D eigenvalue weighted by Gasteiger charge is 2.30. The quantitative estimate of drug-likeness (QED) is 0.653. The Morgan fingerprint density at radius 1 is 1.25 bits per heavy atom. The lowest BCUT2D eigenvalue weighted by Gasteiger charge is -2.31. The van der Waals surface area contributed by atoms with Crippen molar-refractivity contribution in [2.24, 2.45) is 0 Å². The van der Waals surface area contributed by atoms with Gasteiger partial charge in [-0.3, -0.25) is 0 Å². The smallest absolute Gasteiger partial charge is 0.218 e. The summed E-state index contributed by atoms with van der Waals surface area (Å²) in [6.45, 7) is 6.61. The van der Waals surface area contributed by atoms with Crippen LogP contribution in [-0.2, 0) is 10.0 Å². The molecule has 0 aromatic heterocycles. The molecule has 0 aliphatic rings. The van der Waals surface area contributed by atoms with E-state index < -0.39 is 15.3 Å². The maximum Gasteiger partial charge on any atom is 0.218 e. The van der Waals surface area contributed by atoms with Crippen molar-refractivity contribution >= 4 is 21.6 Å². The molecule has 0 aromatic carbocycles. The molecular weight excluding hydrogens is 248 g/mol. The summed E-state index contributed by atoms with van der Waals surface area (Å²) in [7, 11) is 0.594. The highest BCUT2D eigenvalue weighted by Crippen LogP contribution is 2.14. The number of hydrogen-bond donors (Lipinski definition) is 0. The van der Waals surface area contributed by atoms with E-state index in [0.717, 1.165) is 0 Å². The Bertz CT molecular complexity index is 293. The lowest BCUT2D eigenvalue weighted by Crippen LogP contribution is -2.47. The molecule has 0 rings (SSSR count). The van der Waals surface area contributed by atoms with Crippen LogP contribution < -0.4 is 0 Å². The van der Waals surface area contributed by atoms with Crippen molar-refractivity contribution in [2.75, 3.05) is 33.1 Å². The minimum atomic E-state index is -3.27. The van der Waals surface area contributed by atoms with Crippen molar-refractivity contribution in [3.8, 4) is 0 Å². The lowest BCUT2D eigenvalue weighted by atomic mass is 10.3. The normalized spacial score (nSPS) is 16.8. The molecule has 0 radical (unpaired) electrons. The fraction of sp³-hybridized carbons (Fsp3) is 1.00. The molecule has 0 N–H and O–H groups in total. The van der Waals surface area contributed by atoms with Gasteiger partial charge in [-0.2, -0.15) is 4.31 Å². The monoisotopic (exact) mass is 270 g/mol. The van der Waals surface area contributed by atoms with Crippen LogP contribution in [0, 0.1) is 0 Å². The van der Waals surface area contributed by atoms with E-state index in [0.29, 0.717) is 13.1 Å². The van der Waals surface area contributed by atoms with Crippen molar-refractivity contribution in [3.05, 3.63) is 0 Å². The first-order chi connectivity index (χ1) is 7.27. The number of hydrogen-bond acceptors (Lipinski definition) is 3. The van der Waals surface area contributed by atoms with Crippen LogP contribution in [0.3, 0.4) is 0 Å². The third kappa shape index (κ3) is 4.20. The van der Waals surface area contributed by atoms with Gasteiger partial charge < -0.3 is 4.90 Å². The van der Waals surface area contributed by atoms with Gasteiger partial charge in [-0.05, 0) is 27.9 Å². The van der Waals surface area contributed by atoms with Crippen molar-refractivity contribution < 1.29 is 8.42 Å². The Kier molecular flexibility index (Phi) is 6.86. The molecular formula is C10H23ClN2O2S. The van der Waals surface area contributed by atoms with Gasteiger partial charge in [-0.1, -0.05) is 6.92 Å². The number of likely N-dealkylation sites (N-methyl/N-ethyl adjacent to an activating group) is 2. The van der Waals surface area contributed by atoms with Crippen LogP contribution in [0.4, 0.5) is 0 Å². The maximum atomic E-state index is 12.1. The summed E-state index contributed by atoms with van der Waals surface area (Å²) in [5, 5.41) is -0.529. The van der Waals surface area contributed by atoms with Crippen LogP contribution in [0.15, 0.2) is 0 Å². The number of halogens is 1. The van der Waals surface area contributed by atoms with Crippen LogP contribution in [0.1, 0.15) is 20.8 Å². The van der Waals surface area contributed by atoms with Crippen LogP contribution in [0.5, 0.6) is 0 Å². The van der Waals surface area contributed by atoms with Crippen molar-refractivity contribution in [3.63, 3.8) is 0 Å². The second-order valence-electron chi connectivity index (χ2n) is 4.32. The van der Waals surface area contributed by atoms with Gasteiger partial charge >= 0.3 is 0 Å². The van der Waals surface area contributed by atoms with E-state index in [2.05, 4.69) is 0 Å². The number of sulfonamides is 1. The van der Waals surface area contributed by atoms with E-state index in [9.17, 15) is 8.42 Å². The SMILES string of the molecule is CCN(C(C)CN(C)C)S(=O)(=O)C(C)CCl. The van der Waals surface area contributed by atoms with E-state index in [-0.39, 0.29) is 11.9 Å². The minimum absolute atomic E-state index is 0.0318. The number of alkyl halides is 1. The summed E-state index contributed by atoms with van der Waals surface area (Å²) in [6.07, 6.45) is 0. The zero-order valence-electron chi connectivity index (χ0n) is 10.8. The fourth-order valence-corrected chi connectivity index (χ4v) is 3.70. The summed E-state index contributed by atoms with van der Waals surface area (Å²) < 4.78 is 25.8. The summed E-state index contributed by atoms with van der Waals surface area (Å²) >= 11 is 5.63. The van der Waals surface area contributed by atoms with Gasteiger partial charge in [0, 0.05) is 25.0 Å². The Hall–Kier alpha value is 0.160. The first-order valence-electron chi connectivity index (χ1n) is 5.48. The zero-order valence-corrected chi connectivity index (χ0v) is 12.3. The van der Waals surface area contributed by atoms with Crippen molar-refractivity contribution in [2.45, 2.75) is 32.1 Å². The molecule has 0 fully saturated rings. The molecule has 0 aliphatic heterocycles. The van der Waals surface area contributed by atoms with Crippen LogP contribution in [0.25, 0.3) is 0 Å². The molecule has 6 heteroatoms. The second kappa shape index (κ2) is 6.79. The molecule has 0 saturated heterocycles. The molecule has 0 spiro atoms.